The van der Waals surface area contributed by atoms with Gasteiger partial charge >= 0.3 is 0 Å². The van der Waals surface area contributed by atoms with Gasteiger partial charge in [-0.1, -0.05) is 48.0 Å². The quantitative estimate of drug-likeness (QED) is 0.354. The van der Waals surface area contributed by atoms with Gasteiger partial charge < -0.3 is 4.57 Å². The summed E-state index contributed by atoms with van der Waals surface area (Å²) in [4.78, 5) is 0. The highest BCUT2D eigenvalue weighted by Gasteiger charge is 2.09. The molecule has 4 rings (SSSR count). The third-order valence-electron chi connectivity index (χ3n) is 4.91. The van der Waals surface area contributed by atoms with E-state index in [1.165, 1.54) is 33.4 Å². The van der Waals surface area contributed by atoms with E-state index in [0.29, 0.717) is 0 Å². The third-order valence-corrected chi connectivity index (χ3v) is 4.91. The van der Waals surface area contributed by atoms with Gasteiger partial charge in [0.25, 0.3) is 0 Å². The molecule has 0 amide bonds. The van der Waals surface area contributed by atoms with Gasteiger partial charge in [-0.25, -0.2) is 0 Å². The largest absolute Gasteiger partial charge is 0.318 e. The minimum Gasteiger partial charge on any atom is -0.318 e. The number of nitrogens with zero attached hydrogens (tertiary/aromatic N) is 2. The minimum atomic E-state index is 0.984. The maximum atomic E-state index is 4.45. The fourth-order valence-corrected chi connectivity index (χ4v) is 3.44. The molecule has 0 aliphatic heterocycles. The molecule has 0 saturated heterocycles. The SMILES string of the molecule is Cc1ccc(-n2c(C)cc(C=NNc3ccc4ccccc4c3)c2C)cc1. The van der Waals surface area contributed by atoms with E-state index >= 15 is 0 Å². The first-order valence-corrected chi connectivity index (χ1v) is 9.16. The van der Waals surface area contributed by atoms with Crippen LogP contribution < -0.4 is 5.43 Å². The van der Waals surface area contributed by atoms with Crippen LogP contribution in [0.3, 0.4) is 0 Å². The van der Waals surface area contributed by atoms with E-state index in [1.807, 2.05) is 6.21 Å². The Morgan fingerprint density at radius 3 is 2.33 bits per heavy atom. The Labute approximate surface area is 160 Å². The molecule has 0 atom stereocenters. The number of fused-ring (bicyclic) bond motifs is 1. The maximum absolute atomic E-state index is 4.45. The zero-order valence-electron chi connectivity index (χ0n) is 15.9. The highest BCUT2D eigenvalue weighted by Crippen LogP contribution is 2.21. The van der Waals surface area contributed by atoms with Crippen LogP contribution in [0, 0.1) is 20.8 Å². The van der Waals surface area contributed by atoms with Crippen LogP contribution in [0.5, 0.6) is 0 Å². The predicted molar refractivity (Wildman–Crippen MR) is 115 cm³/mol. The standard InChI is InChI=1S/C24H23N3/c1-17-8-12-24(13-9-17)27-18(2)14-22(19(27)3)16-25-26-23-11-10-20-6-4-5-7-21(20)15-23/h4-16,26H,1-3H3. The van der Waals surface area contributed by atoms with Gasteiger partial charge in [0, 0.05) is 22.6 Å². The van der Waals surface area contributed by atoms with Crippen LogP contribution in [-0.2, 0) is 0 Å². The minimum absolute atomic E-state index is 0.984. The van der Waals surface area contributed by atoms with Crippen molar-refractivity contribution < 1.29 is 0 Å². The lowest BCUT2D eigenvalue weighted by Gasteiger charge is -2.09. The Morgan fingerprint density at radius 2 is 1.56 bits per heavy atom. The van der Waals surface area contributed by atoms with Crippen molar-refractivity contribution in [3.8, 4) is 5.69 Å². The topological polar surface area (TPSA) is 29.3 Å². The zero-order chi connectivity index (χ0) is 18.8. The number of nitrogens with one attached hydrogen (secondary N) is 1. The molecule has 0 aliphatic carbocycles. The van der Waals surface area contributed by atoms with E-state index in [-0.39, 0.29) is 0 Å². The van der Waals surface area contributed by atoms with Gasteiger partial charge in [-0.2, -0.15) is 5.10 Å². The van der Waals surface area contributed by atoms with Crippen molar-refractivity contribution in [2.75, 3.05) is 5.43 Å². The molecule has 1 N–H and O–H groups in total. The van der Waals surface area contributed by atoms with E-state index in [4.69, 9.17) is 0 Å². The molecule has 0 radical (unpaired) electrons. The van der Waals surface area contributed by atoms with Crippen molar-refractivity contribution >= 4 is 22.7 Å². The van der Waals surface area contributed by atoms with Crippen molar-refractivity contribution in [2.45, 2.75) is 20.8 Å². The first-order valence-electron chi connectivity index (χ1n) is 9.16. The molecule has 27 heavy (non-hydrogen) atoms. The number of aryl methyl sites for hydroxylation is 2. The summed E-state index contributed by atoms with van der Waals surface area (Å²) in [7, 11) is 0. The molecule has 0 aliphatic rings. The summed E-state index contributed by atoms with van der Waals surface area (Å²) in [5.74, 6) is 0. The molecular weight excluding hydrogens is 330 g/mol. The molecule has 0 saturated carbocycles. The van der Waals surface area contributed by atoms with Crippen LogP contribution in [0.2, 0.25) is 0 Å². The zero-order valence-corrected chi connectivity index (χ0v) is 15.9. The van der Waals surface area contributed by atoms with Crippen LogP contribution in [0.4, 0.5) is 5.69 Å². The molecule has 1 heterocycles. The van der Waals surface area contributed by atoms with Gasteiger partial charge in [0.2, 0.25) is 0 Å². The number of hydrazone groups is 1. The molecule has 0 bridgehead atoms. The van der Waals surface area contributed by atoms with Gasteiger partial charge in [-0.3, -0.25) is 5.43 Å². The van der Waals surface area contributed by atoms with Gasteiger partial charge in [0.15, 0.2) is 0 Å². The van der Waals surface area contributed by atoms with E-state index in [2.05, 4.69) is 109 Å². The second-order valence-corrected chi connectivity index (χ2v) is 6.93. The van der Waals surface area contributed by atoms with E-state index in [1.54, 1.807) is 0 Å². The predicted octanol–water partition coefficient (Wildman–Crippen LogP) is 6.00. The molecule has 0 spiro atoms. The maximum Gasteiger partial charge on any atom is 0.0568 e. The summed E-state index contributed by atoms with van der Waals surface area (Å²) < 4.78 is 2.26. The molecule has 3 nitrogen and oxygen atoms in total. The average Bonchev–Trinajstić information content (AvgIpc) is 2.96. The lowest BCUT2D eigenvalue weighted by atomic mass is 10.1. The summed E-state index contributed by atoms with van der Waals surface area (Å²) in [6.45, 7) is 6.36. The summed E-state index contributed by atoms with van der Waals surface area (Å²) in [5.41, 5.74) is 10.1. The molecule has 3 heteroatoms. The second-order valence-electron chi connectivity index (χ2n) is 6.93. The van der Waals surface area contributed by atoms with Gasteiger partial charge in [0.05, 0.1) is 11.9 Å². The highest BCUT2D eigenvalue weighted by atomic mass is 15.3. The molecule has 0 unspecified atom stereocenters. The Balaban J connectivity index is 1.57. The first-order chi connectivity index (χ1) is 13.1. The van der Waals surface area contributed by atoms with Gasteiger partial charge in [-0.15, -0.1) is 0 Å². The van der Waals surface area contributed by atoms with Gasteiger partial charge in [0.1, 0.15) is 0 Å². The smallest absolute Gasteiger partial charge is 0.0568 e. The molecule has 1 aromatic heterocycles. The van der Waals surface area contributed by atoms with Crippen molar-refractivity contribution in [2.24, 2.45) is 5.10 Å². The monoisotopic (exact) mass is 353 g/mol. The molecule has 3 aromatic carbocycles. The van der Waals surface area contributed by atoms with Crippen LogP contribution in [0.25, 0.3) is 16.5 Å². The van der Waals surface area contributed by atoms with Crippen LogP contribution in [-0.4, -0.2) is 10.8 Å². The van der Waals surface area contributed by atoms with Crippen molar-refractivity contribution in [1.29, 1.82) is 0 Å². The highest BCUT2D eigenvalue weighted by molar-refractivity contribution is 5.86. The number of anilines is 1. The van der Waals surface area contributed by atoms with E-state index < -0.39 is 0 Å². The fourth-order valence-electron chi connectivity index (χ4n) is 3.44. The number of hydrogen-bond donors (Lipinski definition) is 1. The van der Waals surface area contributed by atoms with Gasteiger partial charge in [-0.05, 0) is 61.9 Å². The normalized spacial score (nSPS) is 11.4. The lowest BCUT2D eigenvalue weighted by Crippen LogP contribution is -1.99. The Hall–Kier alpha value is -3.33. The number of aromatic nitrogens is 1. The molecular formula is C24H23N3. The fraction of sp³-hybridized carbons (Fsp3) is 0.125. The Bertz CT molecular complexity index is 1120. The first kappa shape index (κ1) is 17.1. The van der Waals surface area contributed by atoms with Crippen molar-refractivity contribution in [3.63, 3.8) is 0 Å². The Kier molecular flexibility index (Phi) is 4.51. The van der Waals surface area contributed by atoms with Crippen LogP contribution in [0.15, 0.2) is 77.9 Å². The average molecular weight is 353 g/mol. The summed E-state index contributed by atoms with van der Waals surface area (Å²) in [5, 5.41) is 6.89. The molecule has 134 valence electrons. The summed E-state index contributed by atoms with van der Waals surface area (Å²) in [6, 6.07) is 25.4. The number of rotatable bonds is 4. The lowest BCUT2D eigenvalue weighted by molar-refractivity contribution is 0.964. The van der Waals surface area contributed by atoms with E-state index in [9.17, 15) is 0 Å². The molecule has 0 fully saturated rings. The Morgan fingerprint density at radius 1 is 0.815 bits per heavy atom. The number of hydrogen-bond acceptors (Lipinski definition) is 2. The van der Waals surface area contributed by atoms with Crippen LogP contribution in [0.1, 0.15) is 22.5 Å². The third kappa shape index (κ3) is 3.49. The van der Waals surface area contributed by atoms with E-state index in [0.717, 1.165) is 11.3 Å². The molecule has 4 aromatic rings. The van der Waals surface area contributed by atoms with Crippen LogP contribution >= 0.6 is 0 Å². The van der Waals surface area contributed by atoms with Crippen molar-refractivity contribution in [3.05, 3.63) is 95.3 Å². The summed E-state index contributed by atoms with van der Waals surface area (Å²) >= 11 is 0. The number of benzene rings is 3. The summed E-state index contributed by atoms with van der Waals surface area (Å²) in [6.07, 6.45) is 1.89. The van der Waals surface area contributed by atoms with Crippen molar-refractivity contribution in [1.82, 2.24) is 4.57 Å². The second kappa shape index (κ2) is 7.12.